The number of aliphatic hydroxyl groups is 1. The van der Waals surface area contributed by atoms with Crippen LogP contribution < -0.4 is 0 Å². The first-order chi connectivity index (χ1) is 6.07. The Morgan fingerprint density at radius 3 is 2.46 bits per heavy atom. The van der Waals surface area contributed by atoms with Crippen molar-refractivity contribution < 1.29 is 19.3 Å². The third kappa shape index (κ3) is 2.02. The zero-order valence-corrected chi connectivity index (χ0v) is 8.03. The number of aliphatic hydroxyl groups excluding tert-OH is 1. The minimum absolute atomic E-state index is 0.00299. The van der Waals surface area contributed by atoms with Crippen molar-refractivity contribution in [3.05, 3.63) is 0 Å². The van der Waals surface area contributed by atoms with Crippen molar-refractivity contribution in [1.82, 2.24) is 0 Å². The molecule has 2 heterocycles. The molecule has 0 aliphatic carbocycles. The van der Waals surface area contributed by atoms with E-state index in [0.29, 0.717) is 13.0 Å². The Bertz CT molecular complexity index is 192. The first-order valence-corrected chi connectivity index (χ1v) is 4.72. The van der Waals surface area contributed by atoms with Crippen molar-refractivity contribution in [2.75, 3.05) is 6.61 Å². The van der Waals surface area contributed by atoms with E-state index in [9.17, 15) is 5.11 Å². The molecule has 13 heavy (non-hydrogen) atoms. The van der Waals surface area contributed by atoms with Gasteiger partial charge in [0, 0.05) is 6.42 Å². The second-order valence-corrected chi connectivity index (χ2v) is 4.07. The van der Waals surface area contributed by atoms with Crippen LogP contribution in [-0.4, -0.2) is 36.0 Å². The van der Waals surface area contributed by atoms with Gasteiger partial charge in [0.25, 0.3) is 0 Å². The number of hydrogen-bond donors (Lipinski definition) is 1. The van der Waals surface area contributed by atoms with Crippen LogP contribution in [0, 0.1) is 0 Å². The molecule has 3 unspecified atom stereocenters. The van der Waals surface area contributed by atoms with Crippen LogP contribution >= 0.6 is 0 Å². The van der Waals surface area contributed by atoms with Crippen molar-refractivity contribution in [3.63, 3.8) is 0 Å². The van der Waals surface area contributed by atoms with Crippen LogP contribution in [0.4, 0.5) is 0 Å². The van der Waals surface area contributed by atoms with Crippen LogP contribution in [-0.2, 0) is 14.2 Å². The molecular weight excluding hydrogens is 172 g/mol. The van der Waals surface area contributed by atoms with Gasteiger partial charge in [-0.25, -0.2) is 0 Å². The zero-order valence-electron chi connectivity index (χ0n) is 8.03. The molecule has 0 bridgehead atoms. The summed E-state index contributed by atoms with van der Waals surface area (Å²) in [4.78, 5) is 0. The predicted molar refractivity (Wildman–Crippen MR) is 45.0 cm³/mol. The number of ether oxygens (including phenoxy) is 3. The van der Waals surface area contributed by atoms with Crippen molar-refractivity contribution in [3.8, 4) is 0 Å². The van der Waals surface area contributed by atoms with E-state index >= 15 is 0 Å². The molecule has 0 spiro atoms. The molecule has 0 aromatic heterocycles. The smallest absolute Gasteiger partial charge is 0.163 e. The fourth-order valence-electron chi connectivity index (χ4n) is 1.82. The van der Waals surface area contributed by atoms with E-state index in [2.05, 4.69) is 0 Å². The molecule has 2 rings (SSSR count). The summed E-state index contributed by atoms with van der Waals surface area (Å²) in [7, 11) is 0. The summed E-state index contributed by atoms with van der Waals surface area (Å²) in [5.74, 6) is -0.498. The molecule has 2 aliphatic rings. The molecule has 3 atom stereocenters. The first-order valence-electron chi connectivity index (χ1n) is 4.72. The fourth-order valence-corrected chi connectivity index (χ4v) is 1.82. The first kappa shape index (κ1) is 9.40. The standard InChI is InChI=1S/C9H16O4/c1-9(2)11-5-7(13-9)6-3-4-8(10)12-6/h6-8,10H,3-5H2,1-2H3. The molecule has 76 valence electrons. The average Bonchev–Trinajstić information content (AvgIpc) is 2.56. The van der Waals surface area contributed by atoms with Gasteiger partial charge in [-0.05, 0) is 20.3 Å². The van der Waals surface area contributed by atoms with Crippen LogP contribution in [0.1, 0.15) is 26.7 Å². The summed E-state index contributed by atoms with van der Waals surface area (Å²) in [5.41, 5.74) is 0. The molecule has 4 nitrogen and oxygen atoms in total. The summed E-state index contributed by atoms with van der Waals surface area (Å²) in [6.07, 6.45) is 0.914. The Hall–Kier alpha value is -0.160. The highest BCUT2D eigenvalue weighted by molar-refractivity contribution is 4.82. The Labute approximate surface area is 77.8 Å². The van der Waals surface area contributed by atoms with Crippen LogP contribution in [0.25, 0.3) is 0 Å². The van der Waals surface area contributed by atoms with Gasteiger partial charge in [0.15, 0.2) is 12.1 Å². The molecule has 0 radical (unpaired) electrons. The van der Waals surface area contributed by atoms with Gasteiger partial charge in [0.05, 0.1) is 12.7 Å². The van der Waals surface area contributed by atoms with Gasteiger partial charge in [-0.15, -0.1) is 0 Å². The Morgan fingerprint density at radius 2 is 2.00 bits per heavy atom. The van der Waals surface area contributed by atoms with E-state index in [1.807, 2.05) is 13.8 Å². The molecule has 2 fully saturated rings. The van der Waals surface area contributed by atoms with Crippen LogP contribution in [0.15, 0.2) is 0 Å². The lowest BCUT2D eigenvalue weighted by molar-refractivity contribution is -0.168. The Morgan fingerprint density at radius 1 is 1.23 bits per heavy atom. The Kier molecular flexibility index (Phi) is 2.32. The SMILES string of the molecule is CC1(C)OCC(C2CCC(O)O2)O1. The summed E-state index contributed by atoms with van der Waals surface area (Å²) in [5, 5.41) is 9.17. The lowest BCUT2D eigenvalue weighted by atomic mass is 10.1. The lowest BCUT2D eigenvalue weighted by Gasteiger charge is -2.20. The van der Waals surface area contributed by atoms with E-state index in [4.69, 9.17) is 14.2 Å². The lowest BCUT2D eigenvalue weighted by Crippen LogP contribution is -2.30. The third-order valence-electron chi connectivity index (χ3n) is 2.48. The predicted octanol–water partition coefficient (Wildman–Crippen LogP) is 0.635. The summed E-state index contributed by atoms with van der Waals surface area (Å²) < 4.78 is 16.3. The van der Waals surface area contributed by atoms with E-state index in [0.717, 1.165) is 6.42 Å². The van der Waals surface area contributed by atoms with Crippen molar-refractivity contribution in [2.45, 2.75) is 51.0 Å². The topological polar surface area (TPSA) is 47.9 Å². The molecule has 0 saturated carbocycles. The van der Waals surface area contributed by atoms with Gasteiger partial charge < -0.3 is 19.3 Å². The second-order valence-electron chi connectivity index (χ2n) is 4.07. The quantitative estimate of drug-likeness (QED) is 0.656. The normalized spacial score (nSPS) is 44.1. The van der Waals surface area contributed by atoms with Gasteiger partial charge in [-0.2, -0.15) is 0 Å². The van der Waals surface area contributed by atoms with Crippen molar-refractivity contribution in [2.24, 2.45) is 0 Å². The molecule has 2 aliphatic heterocycles. The molecule has 0 amide bonds. The van der Waals surface area contributed by atoms with Crippen molar-refractivity contribution in [1.29, 1.82) is 0 Å². The maximum Gasteiger partial charge on any atom is 0.163 e. The van der Waals surface area contributed by atoms with Gasteiger partial charge in [0.1, 0.15) is 6.10 Å². The molecule has 1 N–H and O–H groups in total. The third-order valence-corrected chi connectivity index (χ3v) is 2.48. The molecule has 4 heteroatoms. The fraction of sp³-hybridized carbons (Fsp3) is 1.00. The molecule has 0 aromatic carbocycles. The minimum atomic E-state index is -0.614. The average molecular weight is 188 g/mol. The molecular formula is C9H16O4. The van der Waals surface area contributed by atoms with E-state index < -0.39 is 12.1 Å². The van der Waals surface area contributed by atoms with Gasteiger partial charge in [0.2, 0.25) is 0 Å². The van der Waals surface area contributed by atoms with Crippen LogP contribution in [0.5, 0.6) is 0 Å². The van der Waals surface area contributed by atoms with E-state index in [1.165, 1.54) is 0 Å². The largest absolute Gasteiger partial charge is 0.368 e. The molecule has 0 aromatic rings. The van der Waals surface area contributed by atoms with Crippen LogP contribution in [0.3, 0.4) is 0 Å². The maximum absolute atomic E-state index is 9.17. The van der Waals surface area contributed by atoms with Gasteiger partial charge in [-0.1, -0.05) is 0 Å². The Balaban J connectivity index is 1.89. The maximum atomic E-state index is 9.17. The van der Waals surface area contributed by atoms with Crippen molar-refractivity contribution >= 4 is 0 Å². The van der Waals surface area contributed by atoms with Gasteiger partial charge in [-0.3, -0.25) is 0 Å². The summed E-state index contributed by atoms with van der Waals surface area (Å²) in [6.45, 7) is 4.33. The monoisotopic (exact) mass is 188 g/mol. The summed E-state index contributed by atoms with van der Waals surface area (Å²) >= 11 is 0. The highest BCUT2D eigenvalue weighted by atomic mass is 16.8. The van der Waals surface area contributed by atoms with E-state index in [1.54, 1.807) is 0 Å². The molecule has 2 saturated heterocycles. The second kappa shape index (κ2) is 3.20. The highest BCUT2D eigenvalue weighted by Gasteiger charge is 2.40. The van der Waals surface area contributed by atoms with Crippen LogP contribution in [0.2, 0.25) is 0 Å². The number of rotatable bonds is 1. The van der Waals surface area contributed by atoms with Gasteiger partial charge >= 0.3 is 0 Å². The summed E-state index contributed by atoms with van der Waals surface area (Å²) in [6, 6.07) is 0. The zero-order chi connectivity index (χ0) is 9.47. The number of hydrogen-bond acceptors (Lipinski definition) is 4. The minimum Gasteiger partial charge on any atom is -0.368 e. The highest BCUT2D eigenvalue weighted by Crippen LogP contribution is 2.30. The van der Waals surface area contributed by atoms with E-state index in [-0.39, 0.29) is 12.2 Å².